The molecule has 2 atom stereocenters. The van der Waals surface area contributed by atoms with Crippen molar-refractivity contribution in [2.45, 2.75) is 26.3 Å². The average molecular weight is 505 g/mol. The van der Waals surface area contributed by atoms with E-state index < -0.39 is 44.2 Å². The lowest BCUT2D eigenvalue weighted by atomic mass is 9.90. The van der Waals surface area contributed by atoms with Crippen molar-refractivity contribution in [2.24, 2.45) is 5.92 Å². The van der Waals surface area contributed by atoms with Crippen molar-refractivity contribution in [3.63, 3.8) is 0 Å². The summed E-state index contributed by atoms with van der Waals surface area (Å²) in [6, 6.07) is 15.0. The van der Waals surface area contributed by atoms with Crippen molar-refractivity contribution in [3.8, 4) is 0 Å². The van der Waals surface area contributed by atoms with Crippen LogP contribution in [0, 0.1) is 5.92 Å². The minimum Gasteiger partial charge on any atom is -0.273 e. The summed E-state index contributed by atoms with van der Waals surface area (Å²) in [6.07, 6.45) is -0.153. The van der Waals surface area contributed by atoms with Gasteiger partial charge < -0.3 is 0 Å². The van der Waals surface area contributed by atoms with Crippen molar-refractivity contribution in [2.75, 3.05) is 15.7 Å². The van der Waals surface area contributed by atoms with Gasteiger partial charge in [0.05, 0.1) is 17.3 Å². The maximum absolute atomic E-state index is 13.5. The molecule has 10 nitrogen and oxygen atoms in total. The van der Waals surface area contributed by atoms with E-state index >= 15 is 0 Å². The summed E-state index contributed by atoms with van der Waals surface area (Å²) in [6.45, 7) is 3.03. The molecular weight excluding hydrogens is 480 g/mol. The zero-order valence-electron chi connectivity index (χ0n) is 18.7. The summed E-state index contributed by atoms with van der Waals surface area (Å²) in [5.41, 5.74) is 0.625. The summed E-state index contributed by atoms with van der Waals surface area (Å²) >= 11 is 0. The summed E-state index contributed by atoms with van der Waals surface area (Å²) in [5.74, 6) is -2.42. The lowest BCUT2D eigenvalue weighted by molar-refractivity contribution is -0.122. The fraction of sp³-hybridized carbons (Fsp3) is 0.273. The number of rotatable bonds is 4. The van der Waals surface area contributed by atoms with Gasteiger partial charge in [-0.2, -0.15) is 30.2 Å². The van der Waals surface area contributed by atoms with E-state index in [0.717, 1.165) is 4.31 Å². The Morgan fingerprint density at radius 3 is 1.88 bits per heavy atom. The maximum atomic E-state index is 13.5. The third-order valence-electron chi connectivity index (χ3n) is 6.03. The predicted octanol–water partition coefficient (Wildman–Crippen LogP) is 1.76. The van der Waals surface area contributed by atoms with Crippen LogP contribution in [0.1, 0.15) is 20.3 Å². The fourth-order valence-electron chi connectivity index (χ4n) is 4.08. The molecule has 2 amide bonds. The van der Waals surface area contributed by atoms with Gasteiger partial charge in [0.2, 0.25) is 5.91 Å². The third kappa shape index (κ3) is 3.87. The number of carbonyl (C=O) groups excluding carboxylic acids is 2. The molecule has 0 bridgehead atoms. The summed E-state index contributed by atoms with van der Waals surface area (Å²) < 4.78 is 56.5. The van der Waals surface area contributed by atoms with Crippen molar-refractivity contribution in [1.29, 1.82) is 0 Å². The topological polar surface area (TPSA) is 124 Å². The van der Waals surface area contributed by atoms with E-state index in [1.54, 1.807) is 43.3 Å². The van der Waals surface area contributed by atoms with Crippen LogP contribution in [0.4, 0.5) is 11.4 Å². The first kappa shape index (κ1) is 23.9. The molecule has 0 aromatic heterocycles. The van der Waals surface area contributed by atoms with Gasteiger partial charge >= 0.3 is 20.4 Å². The molecule has 2 aliphatic rings. The largest absolute Gasteiger partial charge is 0.332 e. The lowest BCUT2D eigenvalue weighted by Gasteiger charge is -2.39. The summed E-state index contributed by atoms with van der Waals surface area (Å²) in [7, 11) is -6.99. The quantitative estimate of drug-likeness (QED) is 0.677. The van der Waals surface area contributed by atoms with Crippen molar-refractivity contribution >= 4 is 43.6 Å². The Balaban J connectivity index is 1.75. The minimum absolute atomic E-state index is 0.112. The Labute approximate surface area is 198 Å². The van der Waals surface area contributed by atoms with Gasteiger partial charge in [0.1, 0.15) is 0 Å². The molecule has 0 saturated carbocycles. The molecule has 2 aliphatic heterocycles. The molecule has 34 heavy (non-hydrogen) atoms. The lowest BCUT2D eigenvalue weighted by Crippen LogP contribution is -2.60. The molecule has 0 spiro atoms. The first-order valence-corrected chi connectivity index (χ1v) is 13.3. The molecule has 0 unspecified atom stereocenters. The number of hydrogen-bond acceptors (Lipinski definition) is 6. The van der Waals surface area contributed by atoms with Gasteiger partial charge in [0, 0.05) is 24.4 Å². The van der Waals surface area contributed by atoms with E-state index in [4.69, 9.17) is 0 Å². The van der Waals surface area contributed by atoms with Gasteiger partial charge in [0.25, 0.3) is 5.91 Å². The predicted molar refractivity (Wildman–Crippen MR) is 127 cm³/mol. The third-order valence-corrected chi connectivity index (χ3v) is 9.38. The van der Waals surface area contributed by atoms with Crippen molar-refractivity contribution in [3.05, 3.63) is 71.9 Å². The standard InChI is InChI=1S/C22H24N4O6S2/c1-15-19(21(27)25(33(29,30)23-15)17-10-6-4-7-11-17)14-20-16(2)24(3)34(31,32)26(22(20)28)18-12-8-5-9-13-18/h4-13,15,19,23H,14H2,1-3H3/t15-,19-/m0/s1. The van der Waals surface area contributed by atoms with Gasteiger partial charge in [-0.1, -0.05) is 36.4 Å². The number of para-hydroxylation sites is 2. The van der Waals surface area contributed by atoms with E-state index in [-0.39, 0.29) is 29.1 Å². The molecule has 12 heteroatoms. The highest BCUT2D eigenvalue weighted by molar-refractivity contribution is 7.92. The molecule has 1 saturated heterocycles. The maximum Gasteiger partial charge on any atom is 0.332 e. The number of anilines is 2. The van der Waals surface area contributed by atoms with Crippen LogP contribution in [-0.2, 0) is 30.0 Å². The first-order chi connectivity index (χ1) is 16.0. The van der Waals surface area contributed by atoms with E-state index in [1.165, 1.54) is 38.2 Å². The van der Waals surface area contributed by atoms with Crippen LogP contribution < -0.4 is 13.3 Å². The van der Waals surface area contributed by atoms with E-state index in [0.29, 0.717) is 8.61 Å². The fourth-order valence-corrected chi connectivity index (χ4v) is 7.00. The number of allylic oxidation sites excluding steroid dienone is 1. The zero-order valence-corrected chi connectivity index (χ0v) is 20.4. The Kier molecular flexibility index (Phi) is 6.00. The summed E-state index contributed by atoms with van der Waals surface area (Å²) in [4.78, 5) is 26.9. The van der Waals surface area contributed by atoms with Crippen LogP contribution in [0.3, 0.4) is 0 Å². The Bertz CT molecular complexity index is 1370. The molecule has 1 N–H and O–H groups in total. The van der Waals surface area contributed by atoms with Crippen molar-refractivity contribution in [1.82, 2.24) is 9.03 Å². The molecule has 2 aromatic rings. The molecule has 2 aromatic carbocycles. The van der Waals surface area contributed by atoms with Crippen LogP contribution in [-0.4, -0.2) is 46.0 Å². The van der Waals surface area contributed by atoms with Crippen LogP contribution in [0.15, 0.2) is 71.9 Å². The average Bonchev–Trinajstić information content (AvgIpc) is 2.78. The molecule has 1 fully saturated rings. The Morgan fingerprint density at radius 2 is 1.35 bits per heavy atom. The Hall–Kier alpha value is -3.22. The molecule has 0 aliphatic carbocycles. The summed E-state index contributed by atoms with van der Waals surface area (Å²) in [5, 5.41) is 0. The van der Waals surface area contributed by atoms with E-state index in [1.807, 2.05) is 0 Å². The minimum atomic E-state index is -4.17. The van der Waals surface area contributed by atoms with Gasteiger partial charge in [-0.05, 0) is 44.5 Å². The molecule has 180 valence electrons. The first-order valence-electron chi connectivity index (χ1n) is 10.5. The van der Waals surface area contributed by atoms with Crippen LogP contribution in [0.5, 0.6) is 0 Å². The number of nitrogens with zero attached hydrogens (tertiary/aromatic N) is 3. The number of benzene rings is 2. The second-order valence-corrected chi connectivity index (χ2v) is 11.5. The van der Waals surface area contributed by atoms with E-state index in [2.05, 4.69) is 4.72 Å². The van der Waals surface area contributed by atoms with Gasteiger partial charge in [-0.25, -0.2) is 0 Å². The SMILES string of the molecule is CC1=C(C[C@@H]2C(=O)N(c3ccccc3)S(=O)(=O)N[C@H]2C)C(=O)N(c2ccccc2)S(=O)(=O)N1C. The van der Waals surface area contributed by atoms with E-state index in [9.17, 15) is 26.4 Å². The molecular formula is C22H24N4O6S2. The second kappa shape index (κ2) is 8.53. The highest BCUT2D eigenvalue weighted by Crippen LogP contribution is 2.36. The smallest absolute Gasteiger partial charge is 0.273 e. The normalized spacial score (nSPS) is 24.5. The number of carbonyl (C=O) groups is 2. The monoisotopic (exact) mass is 504 g/mol. The molecule has 2 heterocycles. The van der Waals surface area contributed by atoms with Crippen LogP contribution in [0.25, 0.3) is 0 Å². The number of amides is 2. The van der Waals surface area contributed by atoms with Crippen molar-refractivity contribution < 1.29 is 26.4 Å². The Morgan fingerprint density at radius 1 is 0.853 bits per heavy atom. The van der Waals surface area contributed by atoms with Gasteiger partial charge in [0.15, 0.2) is 0 Å². The van der Waals surface area contributed by atoms with Crippen LogP contribution >= 0.6 is 0 Å². The van der Waals surface area contributed by atoms with Crippen LogP contribution in [0.2, 0.25) is 0 Å². The second-order valence-electron chi connectivity index (χ2n) is 8.10. The molecule has 4 rings (SSSR count). The van der Waals surface area contributed by atoms with Gasteiger partial charge in [-0.3, -0.25) is 13.9 Å². The number of nitrogens with one attached hydrogen (secondary N) is 1. The number of hydrogen-bond donors (Lipinski definition) is 1. The van der Waals surface area contributed by atoms with Gasteiger partial charge in [-0.15, -0.1) is 0 Å². The highest BCUT2D eigenvalue weighted by Gasteiger charge is 2.47. The molecule has 0 radical (unpaired) electrons. The zero-order chi connectivity index (χ0) is 24.8. The highest BCUT2D eigenvalue weighted by atomic mass is 32.2.